The number of aliphatic carboxylic acids is 1. The molecule has 0 spiro atoms. The number of methoxy groups -OCH3 is 1. The molecule has 1 aromatic heterocycles. The van der Waals surface area contributed by atoms with Gasteiger partial charge in [0.05, 0.1) is 12.5 Å². The summed E-state index contributed by atoms with van der Waals surface area (Å²) >= 11 is 5.82. The Kier molecular flexibility index (Phi) is 4.27. The minimum atomic E-state index is -0.769. The van der Waals surface area contributed by atoms with Crippen molar-refractivity contribution in [3.05, 3.63) is 5.28 Å². The summed E-state index contributed by atoms with van der Waals surface area (Å²) in [5.41, 5.74) is -0.735. The highest BCUT2D eigenvalue weighted by molar-refractivity contribution is 6.28. The van der Waals surface area contributed by atoms with Gasteiger partial charge in [-0.1, -0.05) is 13.3 Å². The molecule has 1 aliphatic rings. The number of ether oxygens (including phenoxy) is 1. The second-order valence-electron chi connectivity index (χ2n) is 4.90. The van der Waals surface area contributed by atoms with Crippen LogP contribution < -0.4 is 9.64 Å². The van der Waals surface area contributed by atoms with E-state index < -0.39 is 11.4 Å². The molecule has 1 N–H and O–H groups in total. The number of aromatic nitrogens is 3. The van der Waals surface area contributed by atoms with Gasteiger partial charge in [0.15, 0.2) is 0 Å². The van der Waals surface area contributed by atoms with Gasteiger partial charge in [0.2, 0.25) is 11.2 Å². The summed E-state index contributed by atoms with van der Waals surface area (Å²) in [7, 11) is 1.44. The Bertz CT molecular complexity index is 513. The van der Waals surface area contributed by atoms with Gasteiger partial charge in [-0.3, -0.25) is 4.79 Å². The zero-order valence-electron chi connectivity index (χ0n) is 11.5. The van der Waals surface area contributed by atoms with Crippen molar-refractivity contribution in [2.75, 3.05) is 25.1 Å². The van der Waals surface area contributed by atoms with Crippen LogP contribution in [0.4, 0.5) is 5.95 Å². The number of carboxylic acid groups (broad SMARTS) is 1. The fraction of sp³-hybridized carbons (Fsp3) is 0.667. The molecule has 0 bridgehead atoms. The number of rotatable bonds is 5. The molecule has 8 heteroatoms. The topological polar surface area (TPSA) is 88.4 Å². The highest BCUT2D eigenvalue weighted by Crippen LogP contribution is 2.37. The molecule has 1 saturated heterocycles. The highest BCUT2D eigenvalue weighted by Gasteiger charge is 2.44. The van der Waals surface area contributed by atoms with Gasteiger partial charge in [0.25, 0.3) is 0 Å². The maximum Gasteiger partial charge on any atom is 0.322 e. The molecule has 2 rings (SSSR count). The molecule has 20 heavy (non-hydrogen) atoms. The van der Waals surface area contributed by atoms with Gasteiger partial charge in [-0.25, -0.2) is 0 Å². The van der Waals surface area contributed by atoms with Crippen LogP contribution in [0, 0.1) is 5.41 Å². The van der Waals surface area contributed by atoms with Crippen LogP contribution in [-0.2, 0) is 4.79 Å². The fourth-order valence-electron chi connectivity index (χ4n) is 2.56. The van der Waals surface area contributed by atoms with Crippen molar-refractivity contribution >= 4 is 23.5 Å². The van der Waals surface area contributed by atoms with Crippen molar-refractivity contribution in [3.63, 3.8) is 0 Å². The van der Waals surface area contributed by atoms with Gasteiger partial charge < -0.3 is 14.7 Å². The van der Waals surface area contributed by atoms with Crippen molar-refractivity contribution in [2.24, 2.45) is 5.41 Å². The average Bonchev–Trinajstić information content (AvgIpc) is 2.84. The molecule has 0 aliphatic carbocycles. The minimum absolute atomic E-state index is 0.0372. The smallest absolute Gasteiger partial charge is 0.322 e. The first-order valence-electron chi connectivity index (χ1n) is 6.44. The number of nitrogens with zero attached hydrogens (tertiary/aromatic N) is 4. The van der Waals surface area contributed by atoms with Crippen LogP contribution >= 0.6 is 11.6 Å². The Balaban J connectivity index is 2.24. The van der Waals surface area contributed by atoms with Crippen LogP contribution in [0.15, 0.2) is 0 Å². The van der Waals surface area contributed by atoms with E-state index in [9.17, 15) is 9.90 Å². The minimum Gasteiger partial charge on any atom is -0.481 e. The molecule has 7 nitrogen and oxygen atoms in total. The van der Waals surface area contributed by atoms with E-state index in [0.29, 0.717) is 31.9 Å². The highest BCUT2D eigenvalue weighted by atomic mass is 35.5. The van der Waals surface area contributed by atoms with E-state index in [4.69, 9.17) is 16.3 Å². The van der Waals surface area contributed by atoms with E-state index in [2.05, 4.69) is 15.0 Å². The second kappa shape index (κ2) is 5.78. The van der Waals surface area contributed by atoms with Crippen molar-refractivity contribution in [1.82, 2.24) is 15.0 Å². The third-order valence-corrected chi connectivity index (χ3v) is 3.75. The molecule has 0 saturated carbocycles. The van der Waals surface area contributed by atoms with Crippen molar-refractivity contribution < 1.29 is 14.6 Å². The largest absolute Gasteiger partial charge is 0.481 e. The molecular weight excluding hydrogens is 284 g/mol. The summed E-state index contributed by atoms with van der Waals surface area (Å²) < 4.78 is 4.95. The number of hydrogen-bond donors (Lipinski definition) is 1. The van der Waals surface area contributed by atoms with Crippen LogP contribution in [-0.4, -0.2) is 46.2 Å². The second-order valence-corrected chi connectivity index (χ2v) is 5.24. The number of halogens is 1. The molecular formula is C12H17ClN4O3. The molecule has 1 fully saturated rings. The van der Waals surface area contributed by atoms with Gasteiger partial charge in [0, 0.05) is 13.1 Å². The number of hydrogen-bond acceptors (Lipinski definition) is 6. The Hall–Kier alpha value is -1.63. The molecule has 1 unspecified atom stereocenters. The van der Waals surface area contributed by atoms with E-state index in [-0.39, 0.29) is 11.3 Å². The zero-order chi connectivity index (χ0) is 14.8. The molecule has 2 heterocycles. The van der Waals surface area contributed by atoms with Crippen LogP contribution in [0.3, 0.4) is 0 Å². The summed E-state index contributed by atoms with van der Waals surface area (Å²) in [4.78, 5) is 25.3. The quantitative estimate of drug-likeness (QED) is 0.883. The molecule has 1 aliphatic heterocycles. The Morgan fingerprint density at radius 2 is 2.25 bits per heavy atom. The summed E-state index contributed by atoms with van der Waals surface area (Å²) in [5, 5.41) is 9.52. The number of carboxylic acids is 1. The van der Waals surface area contributed by atoms with Crippen molar-refractivity contribution in [1.29, 1.82) is 0 Å². The van der Waals surface area contributed by atoms with Crippen molar-refractivity contribution in [3.8, 4) is 6.01 Å². The van der Waals surface area contributed by atoms with E-state index >= 15 is 0 Å². The van der Waals surface area contributed by atoms with Gasteiger partial charge in [-0.15, -0.1) is 0 Å². The van der Waals surface area contributed by atoms with Gasteiger partial charge in [-0.05, 0) is 24.4 Å². The van der Waals surface area contributed by atoms with Gasteiger partial charge in [-0.2, -0.15) is 15.0 Å². The molecule has 1 atom stereocenters. The van der Waals surface area contributed by atoms with E-state index in [1.165, 1.54) is 7.11 Å². The van der Waals surface area contributed by atoms with E-state index in [1.807, 2.05) is 11.8 Å². The summed E-state index contributed by atoms with van der Waals surface area (Å²) in [6, 6.07) is 0.128. The average molecular weight is 301 g/mol. The lowest BCUT2D eigenvalue weighted by Crippen LogP contribution is -2.35. The third-order valence-electron chi connectivity index (χ3n) is 3.58. The van der Waals surface area contributed by atoms with E-state index in [0.717, 1.165) is 6.42 Å². The fourth-order valence-corrected chi connectivity index (χ4v) is 2.71. The lowest BCUT2D eigenvalue weighted by Gasteiger charge is -2.24. The van der Waals surface area contributed by atoms with Crippen molar-refractivity contribution in [2.45, 2.75) is 26.2 Å². The molecule has 0 amide bonds. The lowest BCUT2D eigenvalue weighted by molar-refractivity contribution is -0.148. The Labute approximate surface area is 122 Å². The first kappa shape index (κ1) is 14.8. The first-order valence-corrected chi connectivity index (χ1v) is 6.82. The molecule has 110 valence electrons. The monoisotopic (exact) mass is 300 g/mol. The lowest BCUT2D eigenvalue weighted by atomic mass is 9.83. The van der Waals surface area contributed by atoms with Crippen LogP contribution in [0.2, 0.25) is 5.28 Å². The van der Waals surface area contributed by atoms with Crippen LogP contribution in [0.1, 0.15) is 26.2 Å². The Morgan fingerprint density at radius 3 is 2.85 bits per heavy atom. The van der Waals surface area contributed by atoms with Crippen LogP contribution in [0.5, 0.6) is 6.01 Å². The normalized spacial score (nSPS) is 22.1. The maximum atomic E-state index is 11.5. The summed E-state index contributed by atoms with van der Waals surface area (Å²) in [6.07, 6.45) is 2.03. The molecule has 1 aromatic rings. The predicted molar refractivity (Wildman–Crippen MR) is 73.2 cm³/mol. The van der Waals surface area contributed by atoms with E-state index in [1.54, 1.807) is 0 Å². The SMILES string of the molecule is CCCC1(C(=O)O)CCN(c2nc(Cl)nc(OC)n2)C1. The van der Waals surface area contributed by atoms with Gasteiger partial charge in [0.1, 0.15) is 0 Å². The first-order chi connectivity index (χ1) is 9.50. The molecule has 0 radical (unpaired) electrons. The number of anilines is 1. The number of carbonyl (C=O) groups is 1. The van der Waals surface area contributed by atoms with Gasteiger partial charge >= 0.3 is 12.0 Å². The zero-order valence-corrected chi connectivity index (χ0v) is 12.2. The third kappa shape index (κ3) is 2.77. The maximum absolute atomic E-state index is 11.5. The van der Waals surface area contributed by atoms with Crippen LogP contribution in [0.25, 0.3) is 0 Å². The standard InChI is InChI=1S/C12H17ClN4O3/c1-3-4-12(8(18)19)5-6-17(7-12)10-14-9(13)15-11(16-10)20-2/h3-7H2,1-2H3,(H,18,19). The summed E-state index contributed by atoms with van der Waals surface area (Å²) in [6.45, 7) is 2.94. The Morgan fingerprint density at radius 1 is 1.50 bits per heavy atom. The molecule has 0 aromatic carbocycles. The summed E-state index contributed by atoms with van der Waals surface area (Å²) in [5.74, 6) is -0.407. The predicted octanol–water partition coefficient (Wildman–Crippen LogP) is 1.61.